The van der Waals surface area contributed by atoms with E-state index in [1.165, 1.54) is 0 Å². The van der Waals surface area contributed by atoms with Gasteiger partial charge >= 0.3 is 0 Å². The van der Waals surface area contributed by atoms with Gasteiger partial charge in [0, 0.05) is 51.7 Å². The molecule has 0 N–H and O–H groups in total. The summed E-state index contributed by atoms with van der Waals surface area (Å²) < 4.78 is 5.42. The Morgan fingerprint density at radius 1 is 1.04 bits per heavy atom. The third-order valence-corrected chi connectivity index (χ3v) is 5.56. The molecule has 2 saturated heterocycles. The Hall–Kier alpha value is -2.12. The maximum Gasteiger partial charge on any atom is 0.227 e. The summed E-state index contributed by atoms with van der Waals surface area (Å²) in [7, 11) is 2.13. The Labute approximate surface area is 164 Å². The van der Waals surface area contributed by atoms with Crippen molar-refractivity contribution < 1.29 is 4.74 Å². The first-order chi connectivity index (χ1) is 13.2. The molecule has 4 heterocycles. The fourth-order valence-electron chi connectivity index (χ4n) is 3.68. The number of piperidine rings is 1. The molecular formula is C19H25ClN6O. The third kappa shape index (κ3) is 4.25. The van der Waals surface area contributed by atoms with Crippen molar-refractivity contribution in [2.45, 2.75) is 18.9 Å². The predicted molar refractivity (Wildman–Crippen MR) is 108 cm³/mol. The van der Waals surface area contributed by atoms with E-state index in [9.17, 15) is 0 Å². The van der Waals surface area contributed by atoms with Gasteiger partial charge in [0.05, 0.1) is 18.2 Å². The van der Waals surface area contributed by atoms with Crippen LogP contribution in [0.25, 0.3) is 0 Å². The number of ether oxygens (including phenoxy) is 1. The van der Waals surface area contributed by atoms with Crippen LogP contribution in [0.5, 0.6) is 0 Å². The molecule has 27 heavy (non-hydrogen) atoms. The summed E-state index contributed by atoms with van der Waals surface area (Å²) in [6.45, 7) is 5.12. The van der Waals surface area contributed by atoms with E-state index in [2.05, 4.69) is 31.7 Å². The molecule has 0 unspecified atom stereocenters. The van der Waals surface area contributed by atoms with Crippen molar-refractivity contribution in [2.75, 3.05) is 61.1 Å². The molecule has 2 aromatic heterocycles. The van der Waals surface area contributed by atoms with Crippen molar-refractivity contribution in [3.05, 3.63) is 35.6 Å². The van der Waals surface area contributed by atoms with Crippen LogP contribution in [0.15, 0.2) is 30.6 Å². The zero-order valence-electron chi connectivity index (χ0n) is 15.6. The van der Waals surface area contributed by atoms with Gasteiger partial charge in [-0.25, -0.2) is 9.97 Å². The van der Waals surface area contributed by atoms with Gasteiger partial charge in [-0.15, -0.1) is 0 Å². The Morgan fingerprint density at radius 2 is 1.81 bits per heavy atom. The summed E-state index contributed by atoms with van der Waals surface area (Å²) >= 11 is 5.94. The highest BCUT2D eigenvalue weighted by Crippen LogP contribution is 2.25. The standard InChI is InChI=1S/C19H25ClN6O/c1-24(18-4-7-21-19(23-18)26-10-12-27-13-11-26)16-5-8-25(9-6-16)17-3-2-15(20)14-22-17/h2-4,7,14,16H,5-6,8-13H2,1H3. The number of aromatic nitrogens is 3. The molecule has 7 nitrogen and oxygen atoms in total. The molecule has 0 radical (unpaired) electrons. The molecule has 4 rings (SSSR count). The number of morpholine rings is 1. The van der Waals surface area contributed by atoms with Crippen LogP contribution < -0.4 is 14.7 Å². The molecule has 0 spiro atoms. The summed E-state index contributed by atoms with van der Waals surface area (Å²) in [6.07, 6.45) is 5.70. The first-order valence-corrected chi connectivity index (χ1v) is 9.83. The quantitative estimate of drug-likeness (QED) is 0.797. The van der Waals surface area contributed by atoms with Crippen LogP contribution in [0.3, 0.4) is 0 Å². The SMILES string of the molecule is CN(c1ccnc(N2CCOCC2)n1)C1CCN(c2ccc(Cl)cn2)CC1. The number of halogens is 1. The molecule has 0 aliphatic carbocycles. The highest BCUT2D eigenvalue weighted by molar-refractivity contribution is 6.30. The largest absolute Gasteiger partial charge is 0.378 e. The number of nitrogens with zero attached hydrogens (tertiary/aromatic N) is 6. The van der Waals surface area contributed by atoms with E-state index in [0.29, 0.717) is 11.1 Å². The van der Waals surface area contributed by atoms with Crippen LogP contribution in [-0.2, 0) is 4.74 Å². The lowest BCUT2D eigenvalue weighted by Gasteiger charge is -2.38. The van der Waals surface area contributed by atoms with Crippen molar-refractivity contribution >= 4 is 29.2 Å². The van der Waals surface area contributed by atoms with Crippen LogP contribution in [-0.4, -0.2) is 67.4 Å². The van der Waals surface area contributed by atoms with Crippen LogP contribution in [0.1, 0.15) is 12.8 Å². The van der Waals surface area contributed by atoms with Crippen molar-refractivity contribution in [1.29, 1.82) is 0 Å². The first-order valence-electron chi connectivity index (χ1n) is 9.46. The number of pyridine rings is 1. The highest BCUT2D eigenvalue weighted by Gasteiger charge is 2.25. The van der Waals surface area contributed by atoms with E-state index in [0.717, 1.165) is 69.8 Å². The van der Waals surface area contributed by atoms with E-state index in [1.807, 2.05) is 24.4 Å². The molecule has 0 saturated carbocycles. The van der Waals surface area contributed by atoms with Gasteiger partial charge in [-0.05, 0) is 31.0 Å². The monoisotopic (exact) mass is 388 g/mol. The molecule has 2 fully saturated rings. The number of hydrogen-bond donors (Lipinski definition) is 0. The molecule has 0 bridgehead atoms. The minimum Gasteiger partial charge on any atom is -0.378 e. The summed E-state index contributed by atoms with van der Waals surface area (Å²) in [6, 6.07) is 6.35. The van der Waals surface area contributed by atoms with Gasteiger partial charge in [0.15, 0.2) is 0 Å². The summed E-state index contributed by atoms with van der Waals surface area (Å²) in [5.74, 6) is 2.78. The van der Waals surface area contributed by atoms with Crippen molar-refractivity contribution in [3.8, 4) is 0 Å². The van der Waals surface area contributed by atoms with Crippen molar-refractivity contribution in [1.82, 2.24) is 15.0 Å². The molecule has 0 amide bonds. The Kier molecular flexibility index (Phi) is 5.59. The zero-order valence-corrected chi connectivity index (χ0v) is 16.3. The molecule has 2 aliphatic rings. The van der Waals surface area contributed by atoms with Gasteiger partial charge < -0.3 is 19.4 Å². The summed E-state index contributed by atoms with van der Waals surface area (Å²) in [5, 5.41) is 0.674. The van der Waals surface area contributed by atoms with Gasteiger partial charge in [0.2, 0.25) is 5.95 Å². The molecule has 2 aliphatic heterocycles. The molecule has 0 atom stereocenters. The molecular weight excluding hydrogens is 364 g/mol. The smallest absolute Gasteiger partial charge is 0.227 e. The average Bonchev–Trinajstić information content (AvgIpc) is 2.75. The molecule has 8 heteroatoms. The molecule has 2 aromatic rings. The molecule has 0 aromatic carbocycles. The van der Waals surface area contributed by atoms with Crippen LogP contribution in [0, 0.1) is 0 Å². The lowest BCUT2D eigenvalue weighted by atomic mass is 10.0. The zero-order chi connectivity index (χ0) is 18.6. The first kappa shape index (κ1) is 18.3. The maximum atomic E-state index is 5.94. The summed E-state index contributed by atoms with van der Waals surface area (Å²) in [4.78, 5) is 20.5. The predicted octanol–water partition coefficient (Wildman–Crippen LogP) is 2.47. The normalized spacial score (nSPS) is 18.6. The van der Waals surface area contributed by atoms with Crippen LogP contribution in [0.2, 0.25) is 5.02 Å². The molecule has 144 valence electrons. The van der Waals surface area contributed by atoms with Gasteiger partial charge in [-0.1, -0.05) is 11.6 Å². The second-order valence-electron chi connectivity index (χ2n) is 6.98. The van der Waals surface area contributed by atoms with E-state index < -0.39 is 0 Å². The maximum absolute atomic E-state index is 5.94. The fraction of sp³-hybridized carbons (Fsp3) is 0.526. The van der Waals surface area contributed by atoms with Crippen molar-refractivity contribution in [2.24, 2.45) is 0 Å². The van der Waals surface area contributed by atoms with Gasteiger partial charge in [-0.2, -0.15) is 4.98 Å². The average molecular weight is 389 g/mol. The van der Waals surface area contributed by atoms with Gasteiger partial charge in [0.1, 0.15) is 11.6 Å². The lowest BCUT2D eigenvalue weighted by Crippen LogP contribution is -2.44. The number of hydrogen-bond acceptors (Lipinski definition) is 7. The Bertz CT molecular complexity index is 744. The van der Waals surface area contributed by atoms with Crippen LogP contribution in [0.4, 0.5) is 17.6 Å². The highest BCUT2D eigenvalue weighted by atomic mass is 35.5. The van der Waals surface area contributed by atoms with E-state index in [1.54, 1.807) is 6.20 Å². The van der Waals surface area contributed by atoms with Crippen LogP contribution >= 0.6 is 11.6 Å². The topological polar surface area (TPSA) is 57.6 Å². The second-order valence-corrected chi connectivity index (χ2v) is 7.41. The minimum absolute atomic E-state index is 0.459. The number of anilines is 3. The third-order valence-electron chi connectivity index (χ3n) is 5.33. The van der Waals surface area contributed by atoms with Gasteiger partial charge in [-0.3, -0.25) is 0 Å². The Morgan fingerprint density at radius 3 is 2.52 bits per heavy atom. The number of rotatable bonds is 4. The van der Waals surface area contributed by atoms with E-state index in [4.69, 9.17) is 21.3 Å². The van der Waals surface area contributed by atoms with E-state index in [-0.39, 0.29) is 0 Å². The Balaban J connectivity index is 1.39. The minimum atomic E-state index is 0.459. The van der Waals surface area contributed by atoms with Crippen molar-refractivity contribution in [3.63, 3.8) is 0 Å². The summed E-state index contributed by atoms with van der Waals surface area (Å²) in [5.41, 5.74) is 0. The fourth-order valence-corrected chi connectivity index (χ4v) is 3.79. The van der Waals surface area contributed by atoms with E-state index >= 15 is 0 Å². The van der Waals surface area contributed by atoms with Gasteiger partial charge in [0.25, 0.3) is 0 Å². The second kappa shape index (κ2) is 8.27. The lowest BCUT2D eigenvalue weighted by molar-refractivity contribution is 0.122.